The molecule has 0 saturated heterocycles. The molecule has 3 rings (SSSR count). The molecule has 34 heavy (non-hydrogen) atoms. The highest BCUT2D eigenvalue weighted by Crippen LogP contribution is 2.41. The van der Waals surface area contributed by atoms with E-state index in [4.69, 9.17) is 4.74 Å². The van der Waals surface area contributed by atoms with E-state index in [1.54, 1.807) is 12.1 Å². The summed E-state index contributed by atoms with van der Waals surface area (Å²) in [6.45, 7) is 4.17. The number of ketones is 2. The van der Waals surface area contributed by atoms with Crippen LogP contribution in [0.3, 0.4) is 0 Å². The SMILES string of the molecule is CCCCCC(=O)CC(=O)C=Cc1cc(OC)c(O)c([C@H](CC)c2ccc3ccccc3c2)c1. The van der Waals surface area contributed by atoms with E-state index in [9.17, 15) is 14.7 Å². The number of aromatic hydroxyl groups is 1. The van der Waals surface area contributed by atoms with Gasteiger partial charge < -0.3 is 9.84 Å². The molecule has 0 heterocycles. The molecule has 0 spiro atoms. The van der Waals surface area contributed by atoms with Gasteiger partial charge >= 0.3 is 0 Å². The van der Waals surface area contributed by atoms with Crippen LogP contribution in [0.15, 0.2) is 60.7 Å². The Kier molecular flexibility index (Phi) is 9.03. The molecule has 0 aliphatic carbocycles. The second-order valence-electron chi connectivity index (χ2n) is 8.70. The number of hydrogen-bond acceptors (Lipinski definition) is 4. The van der Waals surface area contributed by atoms with E-state index in [-0.39, 0.29) is 29.7 Å². The van der Waals surface area contributed by atoms with Gasteiger partial charge in [-0.25, -0.2) is 0 Å². The van der Waals surface area contributed by atoms with Crippen LogP contribution >= 0.6 is 0 Å². The second kappa shape index (κ2) is 12.2. The molecule has 0 aliphatic rings. The van der Waals surface area contributed by atoms with Gasteiger partial charge in [0, 0.05) is 17.9 Å². The molecular weight excluding hydrogens is 424 g/mol. The number of allylic oxidation sites excluding steroid dienone is 1. The van der Waals surface area contributed by atoms with Gasteiger partial charge in [-0.05, 0) is 52.9 Å². The van der Waals surface area contributed by atoms with Crippen molar-refractivity contribution in [3.8, 4) is 11.5 Å². The molecule has 0 amide bonds. The lowest BCUT2D eigenvalue weighted by Crippen LogP contribution is -2.05. The zero-order chi connectivity index (χ0) is 24.5. The minimum absolute atomic E-state index is 0.0190. The minimum atomic E-state index is -0.211. The van der Waals surface area contributed by atoms with Crippen molar-refractivity contribution in [1.82, 2.24) is 0 Å². The smallest absolute Gasteiger partial charge is 0.163 e. The van der Waals surface area contributed by atoms with Gasteiger partial charge in [-0.15, -0.1) is 0 Å². The highest BCUT2D eigenvalue weighted by Gasteiger charge is 2.20. The summed E-state index contributed by atoms with van der Waals surface area (Å²) in [4.78, 5) is 24.3. The molecule has 0 saturated carbocycles. The van der Waals surface area contributed by atoms with Gasteiger partial charge in [0.15, 0.2) is 17.3 Å². The zero-order valence-electron chi connectivity index (χ0n) is 20.3. The summed E-state index contributed by atoms with van der Waals surface area (Å²) in [5, 5.41) is 13.2. The minimum Gasteiger partial charge on any atom is -0.504 e. The summed E-state index contributed by atoms with van der Waals surface area (Å²) in [5.74, 6) is 0.199. The van der Waals surface area contributed by atoms with Crippen molar-refractivity contribution in [3.05, 3.63) is 77.4 Å². The maximum absolute atomic E-state index is 12.3. The van der Waals surface area contributed by atoms with E-state index in [0.29, 0.717) is 12.2 Å². The topological polar surface area (TPSA) is 63.6 Å². The third-order valence-corrected chi connectivity index (χ3v) is 6.20. The van der Waals surface area contributed by atoms with Gasteiger partial charge in [-0.1, -0.05) is 75.2 Å². The summed E-state index contributed by atoms with van der Waals surface area (Å²) < 4.78 is 5.43. The number of carbonyl (C=O) groups is 2. The molecule has 4 nitrogen and oxygen atoms in total. The standard InChI is InChI=1S/C30H34O4/c1-4-6-7-12-25(31)20-26(32)16-13-21-17-28(30(33)29(18-21)34-3)27(5-2)24-15-14-22-10-8-9-11-23(22)19-24/h8-11,13-19,27,33H,4-7,12,20H2,1-3H3/t27-/m1/s1. The second-order valence-corrected chi connectivity index (χ2v) is 8.70. The van der Waals surface area contributed by atoms with Crippen molar-refractivity contribution in [2.45, 2.75) is 58.3 Å². The lowest BCUT2D eigenvalue weighted by atomic mass is 9.86. The first kappa shape index (κ1) is 25.2. The number of hydrogen-bond donors (Lipinski definition) is 1. The first-order valence-corrected chi connectivity index (χ1v) is 12.1. The molecule has 0 bridgehead atoms. The van der Waals surface area contributed by atoms with Crippen molar-refractivity contribution in [1.29, 1.82) is 0 Å². The molecule has 0 radical (unpaired) electrons. The Morgan fingerprint density at radius 2 is 1.76 bits per heavy atom. The van der Waals surface area contributed by atoms with Gasteiger partial charge in [0.25, 0.3) is 0 Å². The highest BCUT2D eigenvalue weighted by atomic mass is 16.5. The number of methoxy groups -OCH3 is 1. The van der Waals surface area contributed by atoms with Crippen molar-refractivity contribution in [2.24, 2.45) is 0 Å². The first-order chi connectivity index (χ1) is 16.5. The number of rotatable bonds is 12. The van der Waals surface area contributed by atoms with Gasteiger partial charge in [-0.2, -0.15) is 0 Å². The maximum Gasteiger partial charge on any atom is 0.163 e. The third kappa shape index (κ3) is 6.34. The molecule has 3 aromatic carbocycles. The number of ether oxygens (including phenoxy) is 1. The van der Waals surface area contributed by atoms with Gasteiger partial charge in [0.05, 0.1) is 13.5 Å². The largest absolute Gasteiger partial charge is 0.504 e. The number of phenolic OH excluding ortho intramolecular Hbond substituents is 1. The van der Waals surface area contributed by atoms with E-state index in [1.165, 1.54) is 18.6 Å². The van der Waals surface area contributed by atoms with E-state index in [2.05, 4.69) is 44.2 Å². The quantitative estimate of drug-likeness (QED) is 0.177. The Morgan fingerprint density at radius 1 is 1.00 bits per heavy atom. The van der Waals surface area contributed by atoms with Crippen LogP contribution in [-0.4, -0.2) is 23.8 Å². The number of benzene rings is 3. The average Bonchev–Trinajstić information content (AvgIpc) is 2.84. The molecule has 1 atom stereocenters. The summed E-state index contributed by atoms with van der Waals surface area (Å²) in [7, 11) is 1.52. The zero-order valence-corrected chi connectivity index (χ0v) is 20.3. The van der Waals surface area contributed by atoms with E-state index < -0.39 is 0 Å². The molecule has 3 aromatic rings. The number of unbranched alkanes of at least 4 members (excludes halogenated alkanes) is 2. The van der Waals surface area contributed by atoms with Crippen LogP contribution in [0.2, 0.25) is 0 Å². The molecule has 0 fully saturated rings. The van der Waals surface area contributed by atoms with Crippen LogP contribution in [0, 0.1) is 0 Å². The van der Waals surface area contributed by atoms with Crippen LogP contribution in [0.1, 0.15) is 75.0 Å². The van der Waals surface area contributed by atoms with E-state index in [0.717, 1.165) is 47.8 Å². The Labute approximate surface area is 202 Å². The number of fused-ring (bicyclic) bond motifs is 1. The van der Waals surface area contributed by atoms with Gasteiger partial charge in [-0.3, -0.25) is 9.59 Å². The fourth-order valence-electron chi connectivity index (χ4n) is 4.33. The molecule has 0 unspecified atom stereocenters. The van der Waals surface area contributed by atoms with Crippen LogP contribution < -0.4 is 4.74 Å². The van der Waals surface area contributed by atoms with Crippen LogP contribution in [0.4, 0.5) is 0 Å². The van der Waals surface area contributed by atoms with E-state index in [1.807, 2.05) is 18.2 Å². The summed E-state index contributed by atoms with van der Waals surface area (Å²) in [5.41, 5.74) is 2.60. The van der Waals surface area contributed by atoms with Gasteiger partial charge in [0.1, 0.15) is 5.78 Å². The lowest BCUT2D eigenvalue weighted by molar-refractivity contribution is -0.124. The lowest BCUT2D eigenvalue weighted by Gasteiger charge is -2.20. The summed E-state index contributed by atoms with van der Waals surface area (Å²) in [6.07, 6.45) is 7.19. The number of Topliss-reactive ketones (excluding diaryl/α,β-unsaturated/α-hetero) is 1. The summed E-state index contributed by atoms with van der Waals surface area (Å²) in [6, 6.07) is 18.2. The van der Waals surface area contributed by atoms with Crippen molar-refractivity contribution in [3.63, 3.8) is 0 Å². The Morgan fingerprint density at radius 3 is 2.47 bits per heavy atom. The van der Waals surface area contributed by atoms with Crippen LogP contribution in [-0.2, 0) is 9.59 Å². The van der Waals surface area contributed by atoms with Crippen LogP contribution in [0.25, 0.3) is 16.8 Å². The van der Waals surface area contributed by atoms with Crippen LogP contribution in [0.5, 0.6) is 11.5 Å². The van der Waals surface area contributed by atoms with Crippen molar-refractivity contribution in [2.75, 3.05) is 7.11 Å². The Bertz CT molecular complexity index is 1180. The normalized spacial score (nSPS) is 12.2. The van der Waals surface area contributed by atoms with Crippen molar-refractivity contribution < 1.29 is 19.4 Å². The molecule has 0 aliphatic heterocycles. The third-order valence-electron chi connectivity index (χ3n) is 6.20. The first-order valence-electron chi connectivity index (χ1n) is 12.1. The fourth-order valence-corrected chi connectivity index (χ4v) is 4.33. The van der Waals surface area contributed by atoms with Gasteiger partial charge in [0.2, 0.25) is 0 Å². The molecular formula is C30H34O4. The average molecular weight is 459 g/mol. The molecule has 178 valence electrons. The maximum atomic E-state index is 12.3. The molecule has 0 aromatic heterocycles. The Balaban J connectivity index is 1.87. The van der Waals surface area contributed by atoms with E-state index >= 15 is 0 Å². The Hall–Kier alpha value is -3.40. The predicted molar refractivity (Wildman–Crippen MR) is 139 cm³/mol. The fraction of sp³-hybridized carbons (Fsp3) is 0.333. The number of carbonyl (C=O) groups excluding carboxylic acids is 2. The molecule has 4 heteroatoms. The van der Waals surface area contributed by atoms with Crippen molar-refractivity contribution >= 4 is 28.4 Å². The monoisotopic (exact) mass is 458 g/mol. The number of phenols is 1. The summed E-state index contributed by atoms with van der Waals surface area (Å²) >= 11 is 0. The highest BCUT2D eigenvalue weighted by molar-refractivity contribution is 6.06. The molecule has 1 N–H and O–H groups in total. The predicted octanol–water partition coefficient (Wildman–Crippen LogP) is 7.22.